The lowest BCUT2D eigenvalue weighted by atomic mass is 10.1. The van der Waals surface area contributed by atoms with Crippen molar-refractivity contribution >= 4 is 23.5 Å². The van der Waals surface area contributed by atoms with Gasteiger partial charge in [0.15, 0.2) is 6.04 Å². The normalized spacial score (nSPS) is 12.6. The maximum absolute atomic E-state index is 12.1. The van der Waals surface area contributed by atoms with Gasteiger partial charge in [-0.3, -0.25) is 4.79 Å². The molecule has 1 amide bonds. The Balaban J connectivity index is 2.93. The topological polar surface area (TPSA) is 55.4 Å². The molecule has 1 rings (SSSR count). The van der Waals surface area contributed by atoms with Gasteiger partial charge in [0.1, 0.15) is 11.5 Å². The van der Waals surface area contributed by atoms with Crippen molar-refractivity contribution in [2.24, 2.45) is 0 Å². The smallest absolute Gasteiger partial charge is 0.333 e. The van der Waals surface area contributed by atoms with Crippen LogP contribution in [0.1, 0.15) is 32.4 Å². The first-order valence-corrected chi connectivity index (χ1v) is 6.50. The van der Waals surface area contributed by atoms with Gasteiger partial charge >= 0.3 is 5.97 Å². The summed E-state index contributed by atoms with van der Waals surface area (Å²) < 4.78 is 5.30. The van der Waals surface area contributed by atoms with Crippen molar-refractivity contribution in [1.82, 2.24) is 5.32 Å². The number of benzene rings is 1. The van der Waals surface area contributed by atoms with E-state index < -0.39 is 23.5 Å². The average molecular weight is 284 g/mol. The van der Waals surface area contributed by atoms with Gasteiger partial charge in [-0.1, -0.05) is 30.3 Å². The summed E-state index contributed by atoms with van der Waals surface area (Å²) in [5.74, 6) is -1.12. The summed E-state index contributed by atoms with van der Waals surface area (Å²) in [4.78, 5) is 23.5. The first-order valence-electron chi connectivity index (χ1n) is 5.96. The lowest BCUT2D eigenvalue weighted by Crippen LogP contribution is -2.38. The van der Waals surface area contributed by atoms with Gasteiger partial charge in [0.05, 0.1) is 0 Å². The Morgan fingerprint density at radius 2 is 1.84 bits per heavy atom. The first-order chi connectivity index (χ1) is 8.83. The van der Waals surface area contributed by atoms with Crippen molar-refractivity contribution < 1.29 is 14.3 Å². The summed E-state index contributed by atoms with van der Waals surface area (Å²) in [5, 5.41) is 2.56. The Labute approximate surface area is 118 Å². The van der Waals surface area contributed by atoms with Crippen molar-refractivity contribution in [3.8, 4) is 0 Å². The molecule has 0 aliphatic carbocycles. The highest BCUT2D eigenvalue weighted by Crippen LogP contribution is 2.18. The van der Waals surface area contributed by atoms with Gasteiger partial charge < -0.3 is 10.1 Å². The van der Waals surface area contributed by atoms with Gasteiger partial charge in [-0.05, 0) is 26.3 Å². The van der Waals surface area contributed by atoms with E-state index in [0.717, 1.165) is 0 Å². The van der Waals surface area contributed by atoms with Crippen molar-refractivity contribution in [2.45, 2.75) is 32.4 Å². The third-order valence-electron chi connectivity index (χ3n) is 2.20. The Morgan fingerprint density at radius 3 is 2.32 bits per heavy atom. The molecule has 0 aliphatic rings. The fraction of sp³-hybridized carbons (Fsp3) is 0.429. The summed E-state index contributed by atoms with van der Waals surface area (Å²) in [7, 11) is 0. The van der Waals surface area contributed by atoms with Crippen LogP contribution in [0.5, 0.6) is 0 Å². The zero-order valence-corrected chi connectivity index (χ0v) is 12.0. The van der Waals surface area contributed by atoms with E-state index in [1.807, 2.05) is 6.07 Å². The number of alkyl halides is 1. The number of ether oxygens (including phenoxy) is 1. The number of rotatable bonds is 4. The van der Waals surface area contributed by atoms with Crippen molar-refractivity contribution in [2.75, 3.05) is 5.88 Å². The van der Waals surface area contributed by atoms with Crippen molar-refractivity contribution in [1.29, 1.82) is 0 Å². The predicted octanol–water partition coefficient (Wildman–Crippen LogP) is 2.42. The molecule has 0 aliphatic heterocycles. The van der Waals surface area contributed by atoms with E-state index in [0.29, 0.717) is 5.56 Å². The lowest BCUT2D eigenvalue weighted by molar-refractivity contribution is -0.158. The van der Waals surface area contributed by atoms with Gasteiger partial charge in [-0.15, -0.1) is 11.6 Å². The van der Waals surface area contributed by atoms with Crippen LogP contribution >= 0.6 is 11.6 Å². The van der Waals surface area contributed by atoms with Crippen molar-refractivity contribution in [3.63, 3.8) is 0 Å². The third kappa shape index (κ3) is 5.30. The molecule has 0 spiro atoms. The second-order valence-electron chi connectivity index (χ2n) is 5.08. The number of carbonyl (C=O) groups is 2. The number of hydrogen-bond donors (Lipinski definition) is 1. The molecule has 1 aromatic carbocycles. The minimum atomic E-state index is -0.841. The standard InChI is InChI=1S/C14H18ClNO3/c1-14(2,3)19-13(18)12(16-11(17)9-15)10-7-5-4-6-8-10/h4-8,12H,9H2,1-3H3,(H,16,17). The number of halogens is 1. The van der Waals surface area contributed by atoms with E-state index in [2.05, 4.69) is 5.32 Å². The number of amides is 1. The molecule has 1 atom stereocenters. The molecule has 104 valence electrons. The van der Waals surface area contributed by atoms with Crippen LogP contribution in [0.15, 0.2) is 30.3 Å². The van der Waals surface area contributed by atoms with Gasteiger partial charge in [0.25, 0.3) is 0 Å². The second kappa shape index (κ2) is 6.57. The molecule has 19 heavy (non-hydrogen) atoms. The molecular weight excluding hydrogens is 266 g/mol. The first kappa shape index (κ1) is 15.5. The number of hydrogen-bond acceptors (Lipinski definition) is 3. The molecule has 4 nitrogen and oxygen atoms in total. The summed E-state index contributed by atoms with van der Waals surface area (Å²) >= 11 is 5.46. The highest BCUT2D eigenvalue weighted by Gasteiger charge is 2.27. The molecular formula is C14H18ClNO3. The monoisotopic (exact) mass is 283 g/mol. The number of nitrogens with one attached hydrogen (secondary N) is 1. The van der Waals surface area contributed by atoms with Crippen LogP contribution in [0.2, 0.25) is 0 Å². The summed E-state index contributed by atoms with van der Waals surface area (Å²) in [6.07, 6.45) is 0. The van der Waals surface area contributed by atoms with Crippen LogP contribution < -0.4 is 5.32 Å². The Morgan fingerprint density at radius 1 is 1.26 bits per heavy atom. The lowest BCUT2D eigenvalue weighted by Gasteiger charge is -2.24. The minimum Gasteiger partial charge on any atom is -0.458 e. The second-order valence-corrected chi connectivity index (χ2v) is 5.35. The molecule has 0 saturated carbocycles. The molecule has 5 heteroatoms. The van der Waals surface area contributed by atoms with Crippen LogP contribution in [0.4, 0.5) is 0 Å². The van der Waals surface area contributed by atoms with Crippen LogP contribution in [0.25, 0.3) is 0 Å². The van der Waals surface area contributed by atoms with Crippen LogP contribution in [0.3, 0.4) is 0 Å². The van der Waals surface area contributed by atoms with E-state index in [9.17, 15) is 9.59 Å². The fourth-order valence-electron chi connectivity index (χ4n) is 1.48. The molecule has 0 fully saturated rings. The molecule has 1 aromatic rings. The van der Waals surface area contributed by atoms with E-state index in [-0.39, 0.29) is 5.88 Å². The van der Waals surface area contributed by atoms with E-state index in [4.69, 9.17) is 16.3 Å². The molecule has 0 heterocycles. The van der Waals surface area contributed by atoms with Gasteiger partial charge in [-0.25, -0.2) is 4.79 Å². The summed E-state index contributed by atoms with van der Waals surface area (Å²) in [5.41, 5.74) is 0.0470. The SMILES string of the molecule is CC(C)(C)OC(=O)C(NC(=O)CCl)c1ccccc1. The van der Waals surface area contributed by atoms with Crippen LogP contribution in [0, 0.1) is 0 Å². The maximum Gasteiger partial charge on any atom is 0.333 e. The van der Waals surface area contributed by atoms with E-state index >= 15 is 0 Å². The van der Waals surface area contributed by atoms with E-state index in [1.54, 1.807) is 45.0 Å². The Hall–Kier alpha value is -1.55. The molecule has 0 radical (unpaired) electrons. The largest absolute Gasteiger partial charge is 0.458 e. The Kier molecular flexibility index (Phi) is 5.36. The Bertz CT molecular complexity index is 440. The fourth-order valence-corrected chi connectivity index (χ4v) is 1.56. The quantitative estimate of drug-likeness (QED) is 0.682. The molecule has 0 bridgehead atoms. The van der Waals surface area contributed by atoms with Gasteiger partial charge in [-0.2, -0.15) is 0 Å². The minimum absolute atomic E-state index is 0.202. The molecule has 1 unspecified atom stereocenters. The summed E-state index contributed by atoms with van der Waals surface area (Å²) in [6, 6.07) is 8.08. The average Bonchev–Trinajstić information content (AvgIpc) is 2.34. The number of carbonyl (C=O) groups excluding carboxylic acids is 2. The van der Waals surface area contributed by atoms with Crippen LogP contribution in [-0.2, 0) is 14.3 Å². The summed E-state index contributed by atoms with van der Waals surface area (Å²) in [6.45, 7) is 5.32. The van der Waals surface area contributed by atoms with E-state index in [1.165, 1.54) is 0 Å². The zero-order chi connectivity index (χ0) is 14.5. The predicted molar refractivity (Wildman–Crippen MR) is 73.9 cm³/mol. The van der Waals surface area contributed by atoms with Gasteiger partial charge in [0.2, 0.25) is 5.91 Å². The molecule has 1 N–H and O–H groups in total. The highest BCUT2D eigenvalue weighted by molar-refractivity contribution is 6.27. The molecule has 0 saturated heterocycles. The maximum atomic E-state index is 12.1. The van der Waals surface area contributed by atoms with Gasteiger partial charge in [0, 0.05) is 0 Å². The molecule has 0 aromatic heterocycles. The third-order valence-corrected chi connectivity index (χ3v) is 2.44. The highest BCUT2D eigenvalue weighted by atomic mass is 35.5. The zero-order valence-electron chi connectivity index (χ0n) is 11.3. The van der Waals surface area contributed by atoms with Crippen molar-refractivity contribution in [3.05, 3.63) is 35.9 Å². The number of esters is 1. The van der Waals surface area contributed by atoms with Crippen LogP contribution in [-0.4, -0.2) is 23.4 Å².